The number of anilines is 1. The van der Waals surface area contributed by atoms with Crippen LogP contribution in [0.5, 0.6) is 5.75 Å². The molecular formula is C17H16BrNO3. The number of hydrogen-bond acceptors (Lipinski definition) is 3. The molecule has 0 atom stereocenters. The van der Waals surface area contributed by atoms with E-state index in [2.05, 4.69) is 21.2 Å². The summed E-state index contributed by atoms with van der Waals surface area (Å²) in [7, 11) is 0. The summed E-state index contributed by atoms with van der Waals surface area (Å²) in [5.41, 5.74) is 1.74. The number of amides is 1. The largest absolute Gasteiger partial charge is 0.427 e. The van der Waals surface area contributed by atoms with Crippen LogP contribution >= 0.6 is 15.9 Å². The van der Waals surface area contributed by atoms with Crippen molar-refractivity contribution in [2.75, 3.05) is 5.32 Å². The van der Waals surface area contributed by atoms with Gasteiger partial charge in [-0.1, -0.05) is 34.1 Å². The Bertz CT molecular complexity index is 668. The van der Waals surface area contributed by atoms with E-state index in [1.807, 2.05) is 24.3 Å². The fourth-order valence-electron chi connectivity index (χ4n) is 1.93. The SMILES string of the molecule is CC(=O)Nc1ccc(OC(=O)CCc2ccccc2Br)cc1. The maximum absolute atomic E-state index is 11.9. The van der Waals surface area contributed by atoms with Crippen LogP contribution in [0, 0.1) is 0 Å². The average Bonchev–Trinajstić information content (AvgIpc) is 2.48. The normalized spacial score (nSPS) is 10.1. The van der Waals surface area contributed by atoms with Crippen LogP contribution in [0.1, 0.15) is 18.9 Å². The molecule has 0 saturated heterocycles. The Labute approximate surface area is 137 Å². The maximum atomic E-state index is 11.9. The predicted octanol–water partition coefficient (Wildman–Crippen LogP) is 3.95. The van der Waals surface area contributed by atoms with Crippen LogP contribution in [0.25, 0.3) is 0 Å². The van der Waals surface area contributed by atoms with Crippen molar-refractivity contribution < 1.29 is 14.3 Å². The molecule has 22 heavy (non-hydrogen) atoms. The molecule has 4 nitrogen and oxygen atoms in total. The van der Waals surface area contributed by atoms with Gasteiger partial charge in [-0.15, -0.1) is 0 Å². The van der Waals surface area contributed by atoms with Gasteiger partial charge in [0.25, 0.3) is 0 Å². The first-order valence-electron chi connectivity index (χ1n) is 6.86. The van der Waals surface area contributed by atoms with Crippen molar-refractivity contribution in [1.29, 1.82) is 0 Å². The van der Waals surface area contributed by atoms with Gasteiger partial charge in [-0.25, -0.2) is 0 Å². The molecule has 1 amide bonds. The molecule has 0 aromatic heterocycles. The van der Waals surface area contributed by atoms with E-state index < -0.39 is 0 Å². The number of ether oxygens (including phenoxy) is 1. The van der Waals surface area contributed by atoms with E-state index in [4.69, 9.17) is 4.74 Å². The highest BCUT2D eigenvalue weighted by atomic mass is 79.9. The van der Waals surface area contributed by atoms with Crippen LogP contribution in [-0.4, -0.2) is 11.9 Å². The maximum Gasteiger partial charge on any atom is 0.311 e. The smallest absolute Gasteiger partial charge is 0.311 e. The van der Waals surface area contributed by atoms with E-state index >= 15 is 0 Å². The van der Waals surface area contributed by atoms with Gasteiger partial charge in [0.1, 0.15) is 5.75 Å². The van der Waals surface area contributed by atoms with E-state index in [0.717, 1.165) is 10.0 Å². The van der Waals surface area contributed by atoms with Gasteiger partial charge in [-0.05, 0) is 42.3 Å². The second-order valence-electron chi connectivity index (χ2n) is 4.77. The molecule has 0 aliphatic heterocycles. The average molecular weight is 362 g/mol. The molecule has 0 unspecified atom stereocenters. The van der Waals surface area contributed by atoms with Gasteiger partial charge in [0, 0.05) is 17.1 Å². The van der Waals surface area contributed by atoms with Crippen LogP contribution in [-0.2, 0) is 16.0 Å². The van der Waals surface area contributed by atoms with Crippen LogP contribution in [0.15, 0.2) is 53.0 Å². The lowest BCUT2D eigenvalue weighted by atomic mass is 10.1. The minimum atomic E-state index is -0.289. The minimum Gasteiger partial charge on any atom is -0.427 e. The molecule has 0 spiro atoms. The summed E-state index contributed by atoms with van der Waals surface area (Å²) in [5.74, 6) is 0.0347. The van der Waals surface area contributed by atoms with Gasteiger partial charge in [0.05, 0.1) is 6.42 Å². The Balaban J connectivity index is 1.87. The van der Waals surface area contributed by atoms with Gasteiger partial charge in [-0.3, -0.25) is 9.59 Å². The first kappa shape index (κ1) is 16.2. The standard InChI is InChI=1S/C17H16BrNO3/c1-12(20)19-14-7-9-15(10-8-14)22-17(21)11-6-13-4-2-3-5-16(13)18/h2-5,7-10H,6,11H2,1H3,(H,19,20). The lowest BCUT2D eigenvalue weighted by Gasteiger charge is -2.07. The zero-order valence-electron chi connectivity index (χ0n) is 12.1. The molecule has 0 radical (unpaired) electrons. The van der Waals surface area contributed by atoms with Crippen molar-refractivity contribution in [3.8, 4) is 5.75 Å². The summed E-state index contributed by atoms with van der Waals surface area (Å²) < 4.78 is 6.26. The molecule has 0 bridgehead atoms. The van der Waals surface area contributed by atoms with E-state index in [1.165, 1.54) is 6.92 Å². The number of aryl methyl sites for hydroxylation is 1. The molecule has 0 aliphatic carbocycles. The van der Waals surface area contributed by atoms with E-state index in [9.17, 15) is 9.59 Å². The summed E-state index contributed by atoms with van der Waals surface area (Å²) >= 11 is 3.45. The van der Waals surface area contributed by atoms with Crippen LogP contribution in [0.4, 0.5) is 5.69 Å². The Kier molecular flexibility index (Phi) is 5.72. The molecule has 5 heteroatoms. The van der Waals surface area contributed by atoms with Gasteiger partial charge >= 0.3 is 5.97 Å². The summed E-state index contributed by atoms with van der Waals surface area (Å²) in [6.07, 6.45) is 0.917. The number of benzene rings is 2. The van der Waals surface area contributed by atoms with E-state index in [-0.39, 0.29) is 11.9 Å². The molecule has 1 N–H and O–H groups in total. The molecule has 2 rings (SSSR count). The monoisotopic (exact) mass is 361 g/mol. The Morgan fingerprint density at radius 2 is 1.77 bits per heavy atom. The summed E-state index contributed by atoms with van der Waals surface area (Å²) in [4.78, 5) is 22.8. The fourth-order valence-corrected chi connectivity index (χ4v) is 2.41. The number of esters is 1. The third-order valence-electron chi connectivity index (χ3n) is 2.96. The highest BCUT2D eigenvalue weighted by Gasteiger charge is 2.07. The fraction of sp³-hybridized carbons (Fsp3) is 0.176. The van der Waals surface area contributed by atoms with Gasteiger partial charge in [0.2, 0.25) is 5.91 Å². The molecular weight excluding hydrogens is 346 g/mol. The van der Waals surface area contributed by atoms with Crippen molar-refractivity contribution in [3.63, 3.8) is 0 Å². The third-order valence-corrected chi connectivity index (χ3v) is 3.74. The second kappa shape index (κ2) is 7.75. The predicted molar refractivity (Wildman–Crippen MR) is 88.8 cm³/mol. The number of carbonyl (C=O) groups is 2. The van der Waals surface area contributed by atoms with Crippen molar-refractivity contribution in [1.82, 2.24) is 0 Å². The zero-order chi connectivity index (χ0) is 15.9. The number of carbonyl (C=O) groups excluding carboxylic acids is 2. The van der Waals surface area contributed by atoms with E-state index in [0.29, 0.717) is 24.3 Å². The second-order valence-corrected chi connectivity index (χ2v) is 5.63. The Hall–Kier alpha value is -2.14. The number of hydrogen-bond donors (Lipinski definition) is 1. The lowest BCUT2D eigenvalue weighted by molar-refractivity contribution is -0.134. The lowest BCUT2D eigenvalue weighted by Crippen LogP contribution is -2.09. The number of rotatable bonds is 5. The van der Waals surface area contributed by atoms with Gasteiger partial charge in [0.15, 0.2) is 0 Å². The first-order chi connectivity index (χ1) is 10.5. The highest BCUT2D eigenvalue weighted by molar-refractivity contribution is 9.10. The van der Waals surface area contributed by atoms with E-state index in [1.54, 1.807) is 24.3 Å². The summed E-state index contributed by atoms with van der Waals surface area (Å²) in [6, 6.07) is 14.5. The highest BCUT2D eigenvalue weighted by Crippen LogP contribution is 2.19. The van der Waals surface area contributed by atoms with Gasteiger partial charge < -0.3 is 10.1 Å². The quantitative estimate of drug-likeness (QED) is 0.647. The number of nitrogens with one attached hydrogen (secondary N) is 1. The summed E-state index contributed by atoms with van der Waals surface area (Å²) in [5, 5.41) is 2.65. The van der Waals surface area contributed by atoms with Crippen LogP contribution in [0.2, 0.25) is 0 Å². The molecule has 2 aromatic carbocycles. The minimum absolute atomic E-state index is 0.141. The zero-order valence-corrected chi connectivity index (χ0v) is 13.7. The van der Waals surface area contributed by atoms with Crippen molar-refractivity contribution in [2.45, 2.75) is 19.8 Å². The van der Waals surface area contributed by atoms with Crippen LogP contribution < -0.4 is 10.1 Å². The van der Waals surface area contributed by atoms with Crippen molar-refractivity contribution in [3.05, 3.63) is 58.6 Å². The van der Waals surface area contributed by atoms with Gasteiger partial charge in [-0.2, -0.15) is 0 Å². The number of halogens is 1. The van der Waals surface area contributed by atoms with Crippen molar-refractivity contribution in [2.24, 2.45) is 0 Å². The molecule has 0 aliphatic rings. The molecule has 0 heterocycles. The molecule has 0 fully saturated rings. The summed E-state index contributed by atoms with van der Waals surface area (Å²) in [6.45, 7) is 1.44. The Morgan fingerprint density at radius 1 is 1.09 bits per heavy atom. The van der Waals surface area contributed by atoms with Crippen LogP contribution in [0.3, 0.4) is 0 Å². The molecule has 2 aromatic rings. The topological polar surface area (TPSA) is 55.4 Å². The third kappa shape index (κ3) is 5.00. The molecule has 0 saturated carbocycles. The first-order valence-corrected chi connectivity index (χ1v) is 7.65. The Morgan fingerprint density at radius 3 is 2.41 bits per heavy atom. The molecule has 114 valence electrons. The van der Waals surface area contributed by atoms with Crippen molar-refractivity contribution >= 4 is 33.5 Å².